The Labute approximate surface area is 267 Å². The molecule has 6 heteroatoms. The molecule has 3 heterocycles. The number of rotatable bonds is 4. The van der Waals surface area contributed by atoms with Crippen LogP contribution in [0.5, 0.6) is 11.5 Å². The normalized spacial score (nSPS) is 14.1. The molecule has 5 aromatic rings. The third kappa shape index (κ3) is 5.84. The van der Waals surface area contributed by atoms with Crippen molar-refractivity contribution in [2.24, 2.45) is 0 Å². The van der Waals surface area contributed by atoms with Crippen LogP contribution in [-0.2, 0) is 35.7 Å². The van der Waals surface area contributed by atoms with Gasteiger partial charge in [0.2, 0.25) is 0 Å². The minimum atomic E-state index is -2.49. The maximum atomic E-state index is 13.8. The van der Waals surface area contributed by atoms with E-state index in [9.17, 15) is 3.83 Å². The molecule has 2 aromatic heterocycles. The monoisotopic (exact) mass is 799 g/mol. The fraction of sp³-hybridized carbons (Fsp3) is 0.222. The summed E-state index contributed by atoms with van der Waals surface area (Å²) in [5.74, 6) is 1.03. The first-order valence-corrected chi connectivity index (χ1v) is 16.2. The minimum Gasteiger partial charge on any atom is 2.00 e. The topological polar surface area (TPSA) is 52.1 Å². The number of pyridine rings is 2. The molecule has 0 amide bonds. The molecule has 0 radical (unpaired) electrons. The van der Waals surface area contributed by atoms with Crippen molar-refractivity contribution in [3.05, 3.63) is 108 Å². The molecule has 0 fully saturated rings. The van der Waals surface area contributed by atoms with Crippen LogP contribution in [-0.4, -0.2) is 23.8 Å². The summed E-state index contributed by atoms with van der Waals surface area (Å²) in [5.41, 5.74) is 7.53. The van der Waals surface area contributed by atoms with Gasteiger partial charge >= 0.3 is 268 Å². The van der Waals surface area contributed by atoms with Crippen LogP contribution in [0.3, 0.4) is 0 Å². The molecule has 42 heavy (non-hydrogen) atoms. The average Bonchev–Trinajstić information content (AvgIpc) is 3.24. The van der Waals surface area contributed by atoms with E-state index in [0.717, 1.165) is 42.6 Å². The first-order chi connectivity index (χ1) is 19.5. The standard InChI is InChI=1S/C36H32N2O2Se.Pt/c1-35(2,3)24-14-16-37-30(19-24)23-10-9-11-26(18-23)40-27-21-29(31-20-25(15-17-38-31)36(4,5)6)34-28-12-7-8-13-32(28)41(39)33(34)22-27;/h7-17,19-20,22H,1-6H3;/q-2;+2. The van der Waals surface area contributed by atoms with Gasteiger partial charge in [0.05, 0.1) is 0 Å². The average molecular weight is 799 g/mol. The molecule has 6 rings (SSSR count). The van der Waals surface area contributed by atoms with E-state index in [-0.39, 0.29) is 31.9 Å². The zero-order valence-corrected chi connectivity index (χ0v) is 28.5. The Balaban J connectivity index is 0.00000353. The van der Waals surface area contributed by atoms with Gasteiger partial charge in [-0.15, -0.1) is 0 Å². The maximum Gasteiger partial charge on any atom is 2.00 e. The van der Waals surface area contributed by atoms with Gasteiger partial charge in [0.15, 0.2) is 0 Å². The van der Waals surface area contributed by atoms with E-state index in [2.05, 4.69) is 76.9 Å². The van der Waals surface area contributed by atoms with Crippen molar-refractivity contribution in [1.82, 2.24) is 9.97 Å². The van der Waals surface area contributed by atoms with E-state index < -0.39 is 13.8 Å². The smallest absolute Gasteiger partial charge is 2.00 e. The molecule has 0 spiro atoms. The molecule has 214 valence electrons. The minimum absolute atomic E-state index is 0. The van der Waals surface area contributed by atoms with Crippen molar-refractivity contribution < 1.29 is 29.6 Å². The molecule has 1 atom stereocenters. The predicted octanol–water partition coefficient (Wildman–Crippen LogP) is 7.31. The third-order valence-corrected chi connectivity index (χ3v) is 10.4. The Hall–Kier alpha value is -3.23. The third-order valence-electron chi connectivity index (χ3n) is 7.33. The summed E-state index contributed by atoms with van der Waals surface area (Å²) in [5, 5.41) is 0. The van der Waals surface area contributed by atoms with Crippen LogP contribution < -0.4 is 13.7 Å². The van der Waals surface area contributed by atoms with E-state index >= 15 is 0 Å². The molecule has 0 saturated carbocycles. The first kappa shape index (κ1) is 30.2. The van der Waals surface area contributed by atoms with Gasteiger partial charge in [0.25, 0.3) is 0 Å². The van der Waals surface area contributed by atoms with Gasteiger partial charge in [-0.25, -0.2) is 0 Å². The van der Waals surface area contributed by atoms with Crippen LogP contribution in [0, 0.1) is 12.1 Å². The number of nitrogens with zero attached hydrogens (tertiary/aromatic N) is 2. The number of fused-ring (bicyclic) bond motifs is 3. The Morgan fingerprint density at radius 3 is 2.02 bits per heavy atom. The van der Waals surface area contributed by atoms with Crippen molar-refractivity contribution in [1.29, 1.82) is 0 Å². The molecule has 4 nitrogen and oxygen atoms in total. The summed E-state index contributed by atoms with van der Waals surface area (Å²) in [6.07, 6.45) is 3.68. The molecule has 3 aromatic carbocycles. The van der Waals surface area contributed by atoms with Crippen LogP contribution in [0.25, 0.3) is 33.6 Å². The molecule has 1 aliphatic heterocycles. The van der Waals surface area contributed by atoms with E-state index in [0.29, 0.717) is 11.5 Å². The number of hydrogen-bond acceptors (Lipinski definition) is 4. The summed E-state index contributed by atoms with van der Waals surface area (Å²) < 4.78 is 21.8. The van der Waals surface area contributed by atoms with Gasteiger partial charge in [-0.05, 0) is 0 Å². The van der Waals surface area contributed by atoms with E-state index in [1.165, 1.54) is 11.1 Å². The van der Waals surface area contributed by atoms with E-state index in [4.69, 9.17) is 9.72 Å². The second-order valence-electron chi connectivity index (χ2n) is 12.4. The Morgan fingerprint density at radius 2 is 1.33 bits per heavy atom. The zero-order valence-electron chi connectivity index (χ0n) is 24.5. The van der Waals surface area contributed by atoms with Crippen molar-refractivity contribution in [2.75, 3.05) is 0 Å². The number of aromatic nitrogens is 2. The van der Waals surface area contributed by atoms with Crippen molar-refractivity contribution in [3.63, 3.8) is 0 Å². The number of ether oxygens (including phenoxy) is 1. The fourth-order valence-electron chi connectivity index (χ4n) is 5.00. The summed E-state index contributed by atoms with van der Waals surface area (Å²) in [7, 11) is 0. The van der Waals surface area contributed by atoms with Gasteiger partial charge in [-0.3, -0.25) is 0 Å². The van der Waals surface area contributed by atoms with Crippen LogP contribution in [0.4, 0.5) is 0 Å². The predicted molar refractivity (Wildman–Crippen MR) is 166 cm³/mol. The zero-order chi connectivity index (χ0) is 28.9. The molecule has 0 N–H and O–H groups in total. The van der Waals surface area contributed by atoms with Gasteiger partial charge in [0, 0.05) is 0 Å². The Kier molecular flexibility index (Phi) is 8.24. The van der Waals surface area contributed by atoms with Gasteiger partial charge in [0.1, 0.15) is 0 Å². The second-order valence-corrected chi connectivity index (χ2v) is 15.4. The number of hydrogen-bond donors (Lipinski definition) is 0. The summed E-state index contributed by atoms with van der Waals surface area (Å²) in [6, 6.07) is 30.8. The maximum absolute atomic E-state index is 13.8. The summed E-state index contributed by atoms with van der Waals surface area (Å²) in [6.45, 7) is 13.1. The van der Waals surface area contributed by atoms with Crippen molar-refractivity contribution in [3.8, 4) is 45.1 Å². The molecular weight excluding hydrogens is 766 g/mol. The first-order valence-electron chi connectivity index (χ1n) is 13.7. The van der Waals surface area contributed by atoms with Crippen LogP contribution in [0.2, 0.25) is 0 Å². The van der Waals surface area contributed by atoms with Crippen LogP contribution >= 0.6 is 0 Å². The van der Waals surface area contributed by atoms with Gasteiger partial charge in [-0.2, -0.15) is 0 Å². The Bertz CT molecular complexity index is 1820. The molecular formula is C36H32N2O2PtSe. The largest absolute Gasteiger partial charge is 2.00 e. The molecule has 1 unspecified atom stereocenters. The fourth-order valence-corrected chi connectivity index (χ4v) is 7.98. The van der Waals surface area contributed by atoms with Gasteiger partial charge < -0.3 is 0 Å². The summed E-state index contributed by atoms with van der Waals surface area (Å²) in [4.78, 5) is 9.33. The molecule has 0 saturated heterocycles. The Morgan fingerprint density at radius 1 is 0.690 bits per heavy atom. The quantitative estimate of drug-likeness (QED) is 0.139. The van der Waals surface area contributed by atoms with Crippen LogP contribution in [0.15, 0.2) is 85.2 Å². The van der Waals surface area contributed by atoms with E-state index in [1.54, 1.807) is 0 Å². The van der Waals surface area contributed by atoms with Crippen molar-refractivity contribution >= 4 is 22.8 Å². The summed E-state index contributed by atoms with van der Waals surface area (Å²) >= 11 is -2.49. The number of benzene rings is 3. The van der Waals surface area contributed by atoms with Crippen molar-refractivity contribution in [2.45, 2.75) is 52.4 Å². The molecule has 0 bridgehead atoms. The van der Waals surface area contributed by atoms with E-state index in [1.807, 2.05) is 67.0 Å². The SMILES string of the molecule is CC(C)(C)c1ccnc(-c2[c-]c(Oc3[c-]c(-c4cc(C(C)(C)C)ccn4)c4c(c3)[Se](=O)c3ccccc3-4)ccc2)c1.[Pt+2]. The van der Waals surface area contributed by atoms with Gasteiger partial charge in [-0.1, -0.05) is 0 Å². The second kappa shape index (κ2) is 11.5. The molecule has 1 aliphatic rings. The van der Waals surface area contributed by atoms with Crippen LogP contribution in [0.1, 0.15) is 52.7 Å². The molecule has 0 aliphatic carbocycles.